The van der Waals surface area contributed by atoms with Crippen LogP contribution in [0.15, 0.2) is 12.7 Å². The van der Waals surface area contributed by atoms with Gasteiger partial charge >= 0.3 is 17.9 Å². The van der Waals surface area contributed by atoms with E-state index in [9.17, 15) is 14.4 Å². The first kappa shape index (κ1) is 18.9. The molecule has 124 valence electrons. The number of hydrogen-bond donors (Lipinski definition) is 0. The molecule has 1 aliphatic rings. The number of rotatable bonds is 8. The fraction of sp³-hybridized carbons (Fsp3) is 0.667. The van der Waals surface area contributed by atoms with Crippen molar-refractivity contribution in [2.45, 2.75) is 38.5 Å². The summed E-state index contributed by atoms with van der Waals surface area (Å²) in [6.45, 7) is 3.92. The predicted molar refractivity (Wildman–Crippen MR) is 86.9 cm³/mol. The van der Waals surface area contributed by atoms with E-state index in [2.05, 4.69) is 9.65 Å². The van der Waals surface area contributed by atoms with Crippen molar-refractivity contribution in [3.63, 3.8) is 0 Å². The third-order valence-electron chi connectivity index (χ3n) is 3.66. The summed E-state index contributed by atoms with van der Waals surface area (Å²) < 4.78 is 14.7. The molecule has 1 saturated carbocycles. The second kappa shape index (κ2) is 10.6. The van der Waals surface area contributed by atoms with Crippen LogP contribution in [0.3, 0.4) is 0 Å². The minimum Gasteiger partial charge on any atom is -0.465 e. The number of carbonyl (C=O) groups is 3. The zero-order valence-electron chi connectivity index (χ0n) is 12.4. The van der Waals surface area contributed by atoms with E-state index in [-0.39, 0.29) is 23.8 Å². The monoisotopic (exact) mass is 424 g/mol. The highest BCUT2D eigenvalue weighted by atomic mass is 127. The van der Waals surface area contributed by atoms with Gasteiger partial charge in [-0.15, -0.1) is 0 Å². The molecule has 7 heteroatoms. The zero-order chi connectivity index (χ0) is 16.4. The summed E-state index contributed by atoms with van der Waals surface area (Å²) in [5.74, 6) is -1.08. The molecule has 0 unspecified atom stereocenters. The third-order valence-corrected chi connectivity index (χ3v) is 4.10. The molecule has 0 amide bonds. The Morgan fingerprint density at radius 2 is 1.45 bits per heavy atom. The quantitative estimate of drug-likeness (QED) is 0.258. The van der Waals surface area contributed by atoms with Gasteiger partial charge in [0.25, 0.3) is 0 Å². The third kappa shape index (κ3) is 6.76. The van der Waals surface area contributed by atoms with Gasteiger partial charge in [-0.25, -0.2) is 4.79 Å². The van der Waals surface area contributed by atoms with Gasteiger partial charge in [0.2, 0.25) is 0 Å². The molecule has 6 nitrogen and oxygen atoms in total. The topological polar surface area (TPSA) is 78.9 Å². The van der Waals surface area contributed by atoms with Gasteiger partial charge in [0.05, 0.1) is 25.0 Å². The van der Waals surface area contributed by atoms with Gasteiger partial charge in [0.15, 0.2) is 23.0 Å². The van der Waals surface area contributed by atoms with Crippen molar-refractivity contribution in [1.29, 1.82) is 0 Å². The first-order valence-corrected chi connectivity index (χ1v) is 8.24. The molecule has 0 aliphatic heterocycles. The zero-order valence-corrected chi connectivity index (χ0v) is 14.6. The first-order chi connectivity index (χ1) is 10.6. The van der Waals surface area contributed by atoms with E-state index < -0.39 is 5.97 Å². The molecule has 0 spiro atoms. The van der Waals surface area contributed by atoms with Gasteiger partial charge in [0, 0.05) is 6.08 Å². The number of ether oxygens (including phenoxy) is 2. The van der Waals surface area contributed by atoms with Gasteiger partial charge < -0.3 is 12.5 Å². The van der Waals surface area contributed by atoms with Gasteiger partial charge in [-0.1, -0.05) is 6.58 Å². The molecule has 1 fully saturated rings. The number of hydrogen-bond acceptors (Lipinski definition) is 6. The Labute approximate surface area is 144 Å². The predicted octanol–water partition coefficient (Wildman–Crippen LogP) is 2.74. The van der Waals surface area contributed by atoms with Crippen LogP contribution in [0, 0.1) is 11.8 Å². The first-order valence-electron chi connectivity index (χ1n) is 7.36. The van der Waals surface area contributed by atoms with Gasteiger partial charge in [-0.2, -0.15) is 0 Å². The van der Waals surface area contributed by atoms with E-state index in [4.69, 9.17) is 9.47 Å². The average molecular weight is 424 g/mol. The van der Waals surface area contributed by atoms with Crippen LogP contribution >= 0.6 is 23.0 Å². The maximum atomic E-state index is 11.9. The van der Waals surface area contributed by atoms with Crippen LogP contribution in [0.2, 0.25) is 0 Å². The summed E-state index contributed by atoms with van der Waals surface area (Å²) in [5, 5.41) is 0. The maximum absolute atomic E-state index is 11.9. The van der Waals surface area contributed by atoms with E-state index >= 15 is 0 Å². The van der Waals surface area contributed by atoms with Crippen molar-refractivity contribution >= 4 is 40.9 Å². The number of esters is 2. The standard InChI is InChI=1S/C15H21IO6/c1-2-13(17)20-9-3-4-10-21-14(18)11-5-7-12(8-6-11)15(19)22-16/h2,11-12H,1,3-10H2. The largest absolute Gasteiger partial charge is 0.465 e. The lowest BCUT2D eigenvalue weighted by molar-refractivity contribution is -0.152. The van der Waals surface area contributed by atoms with Crippen LogP contribution in [-0.4, -0.2) is 31.1 Å². The minimum atomic E-state index is -0.446. The highest BCUT2D eigenvalue weighted by Crippen LogP contribution is 2.30. The molecule has 0 aromatic rings. The molecule has 0 radical (unpaired) electrons. The molecule has 0 aromatic heterocycles. The molecular formula is C15H21IO6. The second-order valence-corrected chi connectivity index (χ2v) is 5.63. The number of halogens is 1. The molecule has 0 N–H and O–H groups in total. The molecule has 22 heavy (non-hydrogen) atoms. The summed E-state index contributed by atoms with van der Waals surface area (Å²) in [7, 11) is 0. The lowest BCUT2D eigenvalue weighted by Crippen LogP contribution is -2.27. The highest BCUT2D eigenvalue weighted by Gasteiger charge is 2.31. The van der Waals surface area contributed by atoms with Crippen LogP contribution in [-0.2, 0) is 26.9 Å². The molecule has 0 bridgehead atoms. The van der Waals surface area contributed by atoms with E-state index in [1.165, 1.54) is 0 Å². The van der Waals surface area contributed by atoms with Gasteiger partial charge in [-0.3, -0.25) is 9.59 Å². The number of unbranched alkanes of at least 4 members (excludes halogenated alkanes) is 1. The summed E-state index contributed by atoms with van der Waals surface area (Å²) in [6.07, 6.45) is 5.05. The van der Waals surface area contributed by atoms with E-state index in [1.807, 2.05) is 0 Å². The lowest BCUT2D eigenvalue weighted by atomic mass is 9.82. The smallest absolute Gasteiger partial charge is 0.330 e. The second-order valence-electron chi connectivity index (χ2n) is 5.19. The van der Waals surface area contributed by atoms with Crippen LogP contribution in [0.4, 0.5) is 0 Å². The summed E-state index contributed by atoms with van der Waals surface area (Å²) >= 11 is 1.59. The Hall–Kier alpha value is -1.12. The summed E-state index contributed by atoms with van der Waals surface area (Å²) in [4.78, 5) is 34.1. The fourth-order valence-electron chi connectivity index (χ4n) is 2.35. The molecular weight excluding hydrogens is 403 g/mol. The van der Waals surface area contributed by atoms with Gasteiger partial charge in [0.1, 0.15) is 0 Å². The molecule has 1 rings (SSSR count). The van der Waals surface area contributed by atoms with Crippen molar-refractivity contribution in [1.82, 2.24) is 0 Å². The molecule has 0 atom stereocenters. The Kier molecular flexibility index (Phi) is 9.10. The Bertz CT molecular complexity index is 401. The van der Waals surface area contributed by atoms with Crippen LogP contribution in [0.25, 0.3) is 0 Å². The molecule has 1 aliphatic carbocycles. The normalized spacial score (nSPS) is 20.8. The van der Waals surface area contributed by atoms with Crippen LogP contribution in [0.1, 0.15) is 38.5 Å². The SMILES string of the molecule is C=CC(=O)OCCCCOC(=O)C1CCC(C(=O)OI)CC1. The Balaban J connectivity index is 2.10. The van der Waals surface area contributed by atoms with E-state index in [0.717, 1.165) is 6.08 Å². The van der Waals surface area contributed by atoms with Crippen molar-refractivity contribution in [3.05, 3.63) is 12.7 Å². The molecule has 0 heterocycles. The Morgan fingerprint density at radius 3 is 1.95 bits per heavy atom. The fourth-order valence-corrected chi connectivity index (χ4v) is 2.71. The summed E-state index contributed by atoms with van der Waals surface area (Å²) in [5.41, 5.74) is 0. The van der Waals surface area contributed by atoms with Crippen molar-refractivity contribution < 1.29 is 26.9 Å². The minimum absolute atomic E-state index is 0.0968. The van der Waals surface area contributed by atoms with E-state index in [1.54, 1.807) is 23.0 Å². The van der Waals surface area contributed by atoms with Crippen molar-refractivity contribution in [2.24, 2.45) is 11.8 Å². The number of carbonyl (C=O) groups excluding carboxylic acids is 3. The highest BCUT2D eigenvalue weighted by molar-refractivity contribution is 14.1. The average Bonchev–Trinajstić information content (AvgIpc) is 2.56. The Morgan fingerprint density at radius 1 is 0.955 bits per heavy atom. The molecule has 0 saturated heterocycles. The van der Waals surface area contributed by atoms with Crippen LogP contribution < -0.4 is 0 Å². The van der Waals surface area contributed by atoms with Crippen molar-refractivity contribution in [2.75, 3.05) is 13.2 Å². The molecule has 0 aromatic carbocycles. The van der Waals surface area contributed by atoms with Gasteiger partial charge in [-0.05, 0) is 38.5 Å². The van der Waals surface area contributed by atoms with Crippen LogP contribution in [0.5, 0.6) is 0 Å². The lowest BCUT2D eigenvalue weighted by Gasteiger charge is -2.25. The van der Waals surface area contributed by atoms with Crippen molar-refractivity contribution in [3.8, 4) is 0 Å². The van der Waals surface area contributed by atoms with E-state index in [0.29, 0.717) is 51.7 Å². The summed E-state index contributed by atoms with van der Waals surface area (Å²) in [6, 6.07) is 0. The maximum Gasteiger partial charge on any atom is 0.330 e.